The third-order valence-electron chi connectivity index (χ3n) is 4.64. The highest BCUT2D eigenvalue weighted by atomic mass is 16.5. The molecule has 0 bridgehead atoms. The Bertz CT molecular complexity index is 832. The van der Waals surface area contributed by atoms with Crippen molar-refractivity contribution in [3.05, 3.63) is 53.5 Å². The average Bonchev–Trinajstić information content (AvgIpc) is 3.31. The maximum Gasteiger partial charge on any atom is 0.232 e. The molecule has 3 aromatic rings. The zero-order chi connectivity index (χ0) is 16.6. The summed E-state index contributed by atoms with van der Waals surface area (Å²) >= 11 is 0. The number of nitrogens with zero attached hydrogens (tertiary/aromatic N) is 3. The standard InChI is InChI=1S/C18H20N4O2/c1-12-14(20-16(23-12)13-7-3-2-4-8-13)11-15-21-17(22-24-15)18(19)9-5-6-10-18/h2-4,7-8H,5-6,9-11,19H2,1H3. The van der Waals surface area contributed by atoms with Gasteiger partial charge in [-0.25, -0.2) is 4.98 Å². The van der Waals surface area contributed by atoms with Crippen molar-refractivity contribution in [3.63, 3.8) is 0 Å². The lowest BCUT2D eigenvalue weighted by Gasteiger charge is -2.17. The summed E-state index contributed by atoms with van der Waals surface area (Å²) in [6, 6.07) is 9.82. The van der Waals surface area contributed by atoms with Crippen molar-refractivity contribution in [2.45, 2.75) is 44.6 Å². The van der Waals surface area contributed by atoms with Crippen LogP contribution in [-0.4, -0.2) is 15.1 Å². The van der Waals surface area contributed by atoms with E-state index in [1.54, 1.807) is 0 Å². The fourth-order valence-corrected chi connectivity index (χ4v) is 3.20. The summed E-state index contributed by atoms with van der Waals surface area (Å²) < 4.78 is 11.2. The molecule has 2 N–H and O–H groups in total. The van der Waals surface area contributed by atoms with E-state index in [-0.39, 0.29) is 0 Å². The zero-order valence-corrected chi connectivity index (χ0v) is 13.7. The Morgan fingerprint density at radius 3 is 2.62 bits per heavy atom. The molecule has 1 fully saturated rings. The smallest absolute Gasteiger partial charge is 0.232 e. The van der Waals surface area contributed by atoms with Gasteiger partial charge in [0.1, 0.15) is 5.76 Å². The molecule has 1 aliphatic carbocycles. The Hall–Kier alpha value is -2.47. The minimum Gasteiger partial charge on any atom is -0.441 e. The van der Waals surface area contributed by atoms with Crippen LogP contribution in [0.3, 0.4) is 0 Å². The van der Waals surface area contributed by atoms with Crippen molar-refractivity contribution in [3.8, 4) is 11.5 Å². The quantitative estimate of drug-likeness (QED) is 0.791. The minimum atomic E-state index is -0.435. The molecule has 1 aliphatic rings. The topological polar surface area (TPSA) is 91.0 Å². The molecule has 2 aromatic heterocycles. The van der Waals surface area contributed by atoms with E-state index in [2.05, 4.69) is 15.1 Å². The number of aryl methyl sites for hydroxylation is 1. The number of hydrogen-bond acceptors (Lipinski definition) is 6. The molecule has 6 nitrogen and oxygen atoms in total. The molecule has 0 unspecified atom stereocenters. The average molecular weight is 324 g/mol. The molecule has 4 rings (SSSR count). The summed E-state index contributed by atoms with van der Waals surface area (Å²) in [7, 11) is 0. The predicted molar refractivity (Wildman–Crippen MR) is 88.1 cm³/mol. The van der Waals surface area contributed by atoms with Gasteiger partial charge in [0.2, 0.25) is 11.8 Å². The van der Waals surface area contributed by atoms with Crippen LogP contribution in [0.25, 0.3) is 11.5 Å². The van der Waals surface area contributed by atoms with E-state index < -0.39 is 5.54 Å². The molecular formula is C18H20N4O2. The van der Waals surface area contributed by atoms with Crippen molar-refractivity contribution >= 4 is 0 Å². The maximum atomic E-state index is 6.38. The summed E-state index contributed by atoms with van der Waals surface area (Å²) in [4.78, 5) is 9.07. The molecule has 1 saturated carbocycles. The van der Waals surface area contributed by atoms with Gasteiger partial charge in [-0.15, -0.1) is 0 Å². The highest BCUT2D eigenvalue weighted by Crippen LogP contribution is 2.34. The van der Waals surface area contributed by atoms with Gasteiger partial charge in [-0.3, -0.25) is 0 Å². The largest absolute Gasteiger partial charge is 0.441 e. The fraction of sp³-hybridized carbons (Fsp3) is 0.389. The number of hydrogen-bond donors (Lipinski definition) is 1. The second-order valence-corrected chi connectivity index (χ2v) is 6.44. The van der Waals surface area contributed by atoms with Crippen molar-refractivity contribution in [2.75, 3.05) is 0 Å². The van der Waals surface area contributed by atoms with Crippen LogP contribution in [0.2, 0.25) is 0 Å². The number of benzene rings is 1. The Morgan fingerprint density at radius 2 is 1.88 bits per heavy atom. The van der Waals surface area contributed by atoms with Gasteiger partial charge in [-0.1, -0.05) is 36.2 Å². The van der Waals surface area contributed by atoms with Gasteiger partial charge in [0, 0.05) is 5.56 Å². The van der Waals surface area contributed by atoms with Crippen LogP contribution in [0.1, 0.15) is 48.9 Å². The predicted octanol–water partition coefficient (Wildman–Crippen LogP) is 3.35. The lowest BCUT2D eigenvalue weighted by atomic mass is 9.99. The Kier molecular flexibility index (Phi) is 3.69. The number of oxazole rings is 1. The van der Waals surface area contributed by atoms with Crippen LogP contribution in [0.5, 0.6) is 0 Å². The van der Waals surface area contributed by atoms with Crippen LogP contribution >= 0.6 is 0 Å². The Balaban J connectivity index is 1.56. The van der Waals surface area contributed by atoms with Gasteiger partial charge in [0.05, 0.1) is 17.7 Å². The molecule has 1 aromatic carbocycles. The van der Waals surface area contributed by atoms with Gasteiger partial charge in [-0.2, -0.15) is 4.98 Å². The van der Waals surface area contributed by atoms with Crippen molar-refractivity contribution in [1.29, 1.82) is 0 Å². The number of nitrogens with two attached hydrogens (primary N) is 1. The molecule has 0 spiro atoms. The molecule has 6 heteroatoms. The first-order valence-corrected chi connectivity index (χ1v) is 8.28. The molecule has 0 saturated heterocycles. The molecule has 0 aliphatic heterocycles. The van der Waals surface area contributed by atoms with E-state index in [4.69, 9.17) is 14.7 Å². The van der Waals surface area contributed by atoms with Gasteiger partial charge in [0.15, 0.2) is 5.82 Å². The lowest BCUT2D eigenvalue weighted by Crippen LogP contribution is -2.34. The number of rotatable bonds is 4. The second-order valence-electron chi connectivity index (χ2n) is 6.44. The summed E-state index contributed by atoms with van der Waals surface area (Å²) in [5.74, 6) is 2.50. The fourth-order valence-electron chi connectivity index (χ4n) is 3.20. The first kappa shape index (κ1) is 15.1. The van der Waals surface area contributed by atoms with E-state index in [0.717, 1.165) is 42.7 Å². The summed E-state index contributed by atoms with van der Waals surface area (Å²) in [6.45, 7) is 1.90. The summed E-state index contributed by atoms with van der Waals surface area (Å²) in [6.07, 6.45) is 4.50. The molecule has 0 atom stereocenters. The monoisotopic (exact) mass is 324 g/mol. The number of aromatic nitrogens is 3. The highest BCUT2D eigenvalue weighted by molar-refractivity contribution is 5.53. The first-order valence-electron chi connectivity index (χ1n) is 8.28. The lowest BCUT2D eigenvalue weighted by molar-refractivity contribution is 0.351. The van der Waals surface area contributed by atoms with E-state index in [1.807, 2.05) is 37.3 Å². The third-order valence-corrected chi connectivity index (χ3v) is 4.64. The van der Waals surface area contributed by atoms with Gasteiger partial charge < -0.3 is 14.7 Å². The van der Waals surface area contributed by atoms with Crippen LogP contribution in [0.15, 0.2) is 39.3 Å². The maximum absolute atomic E-state index is 6.38. The van der Waals surface area contributed by atoms with Crippen LogP contribution < -0.4 is 5.73 Å². The zero-order valence-electron chi connectivity index (χ0n) is 13.7. The van der Waals surface area contributed by atoms with E-state index >= 15 is 0 Å². The SMILES string of the molecule is Cc1oc(-c2ccccc2)nc1Cc1nc(C2(N)CCCC2)no1. The van der Waals surface area contributed by atoms with Gasteiger partial charge in [-0.05, 0) is 31.9 Å². The molecule has 124 valence electrons. The van der Waals surface area contributed by atoms with E-state index in [1.165, 1.54) is 0 Å². The third kappa shape index (κ3) is 2.73. The Morgan fingerprint density at radius 1 is 1.12 bits per heavy atom. The van der Waals surface area contributed by atoms with E-state index in [9.17, 15) is 0 Å². The van der Waals surface area contributed by atoms with Crippen LogP contribution in [0, 0.1) is 6.92 Å². The minimum absolute atomic E-state index is 0.435. The van der Waals surface area contributed by atoms with Gasteiger partial charge >= 0.3 is 0 Å². The first-order chi connectivity index (χ1) is 11.6. The van der Waals surface area contributed by atoms with Crippen LogP contribution in [-0.2, 0) is 12.0 Å². The normalized spacial score (nSPS) is 16.6. The van der Waals surface area contributed by atoms with Crippen LogP contribution in [0.4, 0.5) is 0 Å². The summed E-state index contributed by atoms with van der Waals surface area (Å²) in [5.41, 5.74) is 7.70. The van der Waals surface area contributed by atoms with Crippen molar-refractivity contribution in [1.82, 2.24) is 15.1 Å². The second kappa shape index (κ2) is 5.87. The molecule has 24 heavy (non-hydrogen) atoms. The molecule has 2 heterocycles. The van der Waals surface area contributed by atoms with E-state index in [0.29, 0.717) is 24.0 Å². The molecule has 0 amide bonds. The van der Waals surface area contributed by atoms with Crippen molar-refractivity contribution in [2.24, 2.45) is 5.73 Å². The molecule has 0 radical (unpaired) electrons. The van der Waals surface area contributed by atoms with Gasteiger partial charge in [0.25, 0.3) is 0 Å². The van der Waals surface area contributed by atoms with Crippen molar-refractivity contribution < 1.29 is 8.94 Å². The highest BCUT2D eigenvalue weighted by Gasteiger charge is 2.36. The Labute approximate surface area is 140 Å². The molecular weight excluding hydrogens is 304 g/mol. The summed E-state index contributed by atoms with van der Waals surface area (Å²) in [5, 5.41) is 4.09.